The number of fused-ring (bicyclic) bond motifs is 2. The normalized spacial score (nSPS) is 14.0. The highest BCUT2D eigenvalue weighted by Crippen LogP contribution is 2.31. The number of esters is 1. The second-order valence-corrected chi connectivity index (χ2v) is 10.5. The van der Waals surface area contributed by atoms with Gasteiger partial charge >= 0.3 is 5.97 Å². The van der Waals surface area contributed by atoms with Crippen molar-refractivity contribution in [2.24, 2.45) is 0 Å². The van der Waals surface area contributed by atoms with Crippen LogP contribution in [0.25, 0.3) is 22.0 Å². The molecular formula is C35H32N2O5. The Kier molecular flexibility index (Phi) is 7.40. The molecule has 7 nitrogen and oxygen atoms in total. The number of rotatable bonds is 7. The fourth-order valence-electron chi connectivity index (χ4n) is 5.46. The topological polar surface area (TPSA) is 78.8 Å². The summed E-state index contributed by atoms with van der Waals surface area (Å²) in [5.41, 5.74) is 7.43. The monoisotopic (exact) mass is 560 g/mol. The summed E-state index contributed by atoms with van der Waals surface area (Å²) >= 11 is 0. The molecule has 0 bridgehead atoms. The molecule has 1 aromatic heterocycles. The Bertz CT molecular complexity index is 1790. The van der Waals surface area contributed by atoms with Crippen LogP contribution < -0.4 is 14.8 Å². The highest BCUT2D eigenvalue weighted by molar-refractivity contribution is 5.99. The number of aromatic nitrogens is 1. The molecule has 7 heteroatoms. The van der Waals surface area contributed by atoms with E-state index in [2.05, 4.69) is 35.9 Å². The fraction of sp³-hybridized carbons (Fsp3) is 0.200. The number of aryl methyl sites for hydroxylation is 1. The first-order chi connectivity index (χ1) is 20.4. The van der Waals surface area contributed by atoms with Crippen LogP contribution in [0.4, 0.5) is 0 Å². The van der Waals surface area contributed by atoms with Gasteiger partial charge in [-0.15, -0.1) is 0 Å². The Morgan fingerprint density at radius 1 is 0.929 bits per heavy atom. The standard InChI is InChI=1S/C35H32N2O5/c1-22-23(2)37(20-24-12-14-25(15-13-24)28-8-4-5-9-29(28)35(39)40-3)31-17-16-26(18-30(22)31)34(38)36-19-27-21-41-32-10-6-7-11-33(32)42-27/h4-18,27H,19-21H2,1-3H3,(H,36,38). The van der Waals surface area contributed by atoms with Crippen molar-refractivity contribution in [1.82, 2.24) is 9.88 Å². The van der Waals surface area contributed by atoms with E-state index in [0.717, 1.165) is 44.6 Å². The molecule has 1 amide bonds. The molecular weight excluding hydrogens is 528 g/mol. The highest BCUT2D eigenvalue weighted by Gasteiger charge is 2.22. The summed E-state index contributed by atoms with van der Waals surface area (Å²) in [6.07, 6.45) is -0.252. The minimum absolute atomic E-state index is 0.146. The molecule has 2 heterocycles. The molecule has 4 aromatic carbocycles. The Labute approximate surface area is 244 Å². The number of benzene rings is 4. The highest BCUT2D eigenvalue weighted by atomic mass is 16.6. The Hall–Kier alpha value is -5.04. The predicted molar refractivity (Wildman–Crippen MR) is 162 cm³/mol. The lowest BCUT2D eigenvalue weighted by atomic mass is 9.98. The number of nitrogens with one attached hydrogen (secondary N) is 1. The van der Waals surface area contributed by atoms with Crippen LogP contribution in [0.2, 0.25) is 0 Å². The van der Waals surface area contributed by atoms with E-state index in [1.165, 1.54) is 7.11 Å². The molecule has 0 saturated carbocycles. The third kappa shape index (κ3) is 5.21. The third-order valence-corrected chi connectivity index (χ3v) is 7.90. The van der Waals surface area contributed by atoms with Gasteiger partial charge < -0.3 is 24.1 Å². The molecule has 0 fully saturated rings. The molecule has 0 radical (unpaired) electrons. The summed E-state index contributed by atoms with van der Waals surface area (Å²) in [6.45, 7) is 5.61. The van der Waals surface area contributed by atoms with Crippen LogP contribution in [0.1, 0.15) is 37.5 Å². The lowest BCUT2D eigenvalue weighted by Crippen LogP contribution is -2.40. The van der Waals surface area contributed by atoms with Crippen molar-refractivity contribution in [3.8, 4) is 22.6 Å². The van der Waals surface area contributed by atoms with Crippen molar-refractivity contribution in [3.63, 3.8) is 0 Å². The molecule has 1 aliphatic rings. The first-order valence-electron chi connectivity index (χ1n) is 14.0. The van der Waals surface area contributed by atoms with E-state index in [9.17, 15) is 9.59 Å². The van der Waals surface area contributed by atoms with E-state index in [4.69, 9.17) is 14.2 Å². The number of methoxy groups -OCH3 is 1. The molecule has 212 valence electrons. The smallest absolute Gasteiger partial charge is 0.338 e. The Morgan fingerprint density at radius 2 is 1.67 bits per heavy atom. The van der Waals surface area contributed by atoms with E-state index in [-0.39, 0.29) is 18.0 Å². The quantitative estimate of drug-likeness (QED) is 0.235. The molecule has 6 rings (SSSR count). The van der Waals surface area contributed by atoms with Crippen molar-refractivity contribution in [2.75, 3.05) is 20.3 Å². The first kappa shape index (κ1) is 27.1. The zero-order valence-corrected chi connectivity index (χ0v) is 23.8. The Morgan fingerprint density at radius 3 is 2.45 bits per heavy atom. The average molecular weight is 561 g/mol. The molecule has 5 aromatic rings. The summed E-state index contributed by atoms with van der Waals surface area (Å²) in [6, 6.07) is 29.1. The van der Waals surface area contributed by atoms with Gasteiger partial charge in [-0.1, -0.05) is 54.6 Å². The van der Waals surface area contributed by atoms with Gasteiger partial charge in [-0.2, -0.15) is 0 Å². The lowest BCUT2D eigenvalue weighted by molar-refractivity contribution is 0.0601. The lowest BCUT2D eigenvalue weighted by Gasteiger charge is -2.26. The van der Waals surface area contributed by atoms with Gasteiger partial charge in [0, 0.05) is 28.7 Å². The van der Waals surface area contributed by atoms with Crippen molar-refractivity contribution < 1.29 is 23.8 Å². The van der Waals surface area contributed by atoms with Crippen LogP contribution in [-0.2, 0) is 11.3 Å². The maximum atomic E-state index is 13.1. The second kappa shape index (κ2) is 11.4. The number of amides is 1. The predicted octanol–water partition coefficient (Wildman–Crippen LogP) is 6.33. The number of carbonyl (C=O) groups excluding carboxylic acids is 2. The zero-order valence-electron chi connectivity index (χ0n) is 23.8. The largest absolute Gasteiger partial charge is 0.486 e. The third-order valence-electron chi connectivity index (χ3n) is 7.90. The average Bonchev–Trinajstić information content (AvgIpc) is 3.27. The fourth-order valence-corrected chi connectivity index (χ4v) is 5.46. The van der Waals surface area contributed by atoms with E-state index in [0.29, 0.717) is 36.6 Å². The molecule has 0 spiro atoms. The molecule has 0 aliphatic carbocycles. The van der Waals surface area contributed by atoms with Crippen LogP contribution in [-0.4, -0.2) is 42.8 Å². The molecule has 42 heavy (non-hydrogen) atoms. The van der Waals surface area contributed by atoms with Crippen molar-refractivity contribution in [3.05, 3.63) is 119 Å². The summed E-state index contributed by atoms with van der Waals surface area (Å²) < 4.78 is 19.0. The van der Waals surface area contributed by atoms with Gasteiger partial charge in [-0.25, -0.2) is 4.79 Å². The molecule has 1 atom stereocenters. The first-order valence-corrected chi connectivity index (χ1v) is 14.0. The van der Waals surface area contributed by atoms with E-state index < -0.39 is 0 Å². The van der Waals surface area contributed by atoms with Crippen LogP contribution in [0.5, 0.6) is 11.5 Å². The van der Waals surface area contributed by atoms with Crippen LogP contribution in [0.15, 0.2) is 91.0 Å². The van der Waals surface area contributed by atoms with E-state index in [1.54, 1.807) is 6.07 Å². The second-order valence-electron chi connectivity index (χ2n) is 10.5. The van der Waals surface area contributed by atoms with Gasteiger partial charge in [0.15, 0.2) is 11.5 Å². The maximum Gasteiger partial charge on any atom is 0.338 e. The van der Waals surface area contributed by atoms with E-state index >= 15 is 0 Å². The van der Waals surface area contributed by atoms with Gasteiger partial charge in [0.25, 0.3) is 5.91 Å². The van der Waals surface area contributed by atoms with Crippen molar-refractivity contribution >= 4 is 22.8 Å². The van der Waals surface area contributed by atoms with Crippen LogP contribution in [0.3, 0.4) is 0 Å². The van der Waals surface area contributed by atoms with Gasteiger partial charge in [0.05, 0.1) is 19.2 Å². The SMILES string of the molecule is COC(=O)c1ccccc1-c1ccc(Cn2c(C)c(C)c3cc(C(=O)NCC4COc5ccccc5O4)ccc32)cc1. The van der Waals surface area contributed by atoms with Crippen molar-refractivity contribution in [2.45, 2.75) is 26.5 Å². The molecule has 1 unspecified atom stereocenters. The molecule has 0 saturated heterocycles. The molecule has 1 N–H and O–H groups in total. The summed E-state index contributed by atoms with van der Waals surface area (Å²) in [5, 5.41) is 4.05. The number of hydrogen-bond acceptors (Lipinski definition) is 5. The zero-order chi connectivity index (χ0) is 29.2. The van der Waals surface area contributed by atoms with Gasteiger partial charge in [0.2, 0.25) is 0 Å². The molecule has 1 aliphatic heterocycles. The van der Waals surface area contributed by atoms with Crippen molar-refractivity contribution in [1.29, 1.82) is 0 Å². The van der Waals surface area contributed by atoms with Crippen LogP contribution >= 0.6 is 0 Å². The number of hydrogen-bond donors (Lipinski definition) is 1. The van der Waals surface area contributed by atoms with E-state index in [1.807, 2.05) is 72.8 Å². The number of ether oxygens (including phenoxy) is 3. The maximum absolute atomic E-state index is 13.1. The van der Waals surface area contributed by atoms with Gasteiger partial charge in [0.1, 0.15) is 12.7 Å². The summed E-state index contributed by atoms with van der Waals surface area (Å²) in [7, 11) is 1.39. The minimum Gasteiger partial charge on any atom is -0.486 e. The van der Waals surface area contributed by atoms with Crippen LogP contribution in [0, 0.1) is 13.8 Å². The summed E-state index contributed by atoms with van der Waals surface area (Å²) in [4.78, 5) is 25.3. The number of carbonyl (C=O) groups is 2. The Balaban J connectivity index is 1.17. The summed E-state index contributed by atoms with van der Waals surface area (Å²) in [5.74, 6) is 0.917. The van der Waals surface area contributed by atoms with Gasteiger partial charge in [-0.05, 0) is 72.5 Å². The van der Waals surface area contributed by atoms with Gasteiger partial charge in [-0.3, -0.25) is 4.79 Å². The number of para-hydroxylation sites is 2. The number of nitrogens with zero attached hydrogens (tertiary/aromatic N) is 1. The minimum atomic E-state index is -0.352.